The van der Waals surface area contributed by atoms with Crippen molar-refractivity contribution in [2.45, 2.75) is 6.61 Å². The van der Waals surface area contributed by atoms with Crippen molar-refractivity contribution in [2.24, 2.45) is 0 Å². The van der Waals surface area contributed by atoms with Crippen LogP contribution in [0, 0.1) is 0 Å². The van der Waals surface area contributed by atoms with Crippen LogP contribution in [0.5, 0.6) is 5.75 Å². The molecule has 1 amide bonds. The third-order valence-corrected chi connectivity index (χ3v) is 5.11. The van der Waals surface area contributed by atoms with Crippen molar-refractivity contribution in [3.8, 4) is 5.75 Å². The SMILES string of the molecule is O=C1NC(=S)SC1=Cc1ccc(OCc2ccccc2Br)cc1. The number of carbonyl (C=O) groups is 1. The molecule has 2 aromatic carbocycles. The van der Waals surface area contributed by atoms with Gasteiger partial charge < -0.3 is 10.1 Å². The molecule has 1 aliphatic heterocycles. The van der Waals surface area contributed by atoms with Gasteiger partial charge in [-0.2, -0.15) is 0 Å². The Balaban J connectivity index is 1.66. The molecule has 23 heavy (non-hydrogen) atoms. The normalized spacial score (nSPS) is 15.8. The maximum atomic E-state index is 11.6. The lowest BCUT2D eigenvalue weighted by atomic mass is 10.2. The van der Waals surface area contributed by atoms with E-state index in [4.69, 9.17) is 17.0 Å². The molecule has 3 rings (SSSR count). The molecule has 1 heterocycles. The molecular weight excluding hydrogens is 394 g/mol. The summed E-state index contributed by atoms with van der Waals surface area (Å²) in [5, 5.41) is 2.60. The second-order valence-electron chi connectivity index (χ2n) is 4.80. The first-order valence-electron chi connectivity index (χ1n) is 6.83. The fraction of sp³-hybridized carbons (Fsp3) is 0.0588. The van der Waals surface area contributed by atoms with Gasteiger partial charge in [0.25, 0.3) is 5.91 Å². The van der Waals surface area contributed by atoms with E-state index < -0.39 is 0 Å². The van der Waals surface area contributed by atoms with Gasteiger partial charge in [0.1, 0.15) is 16.7 Å². The third kappa shape index (κ3) is 4.22. The van der Waals surface area contributed by atoms with Crippen LogP contribution in [0.25, 0.3) is 6.08 Å². The van der Waals surface area contributed by atoms with Crippen molar-refractivity contribution in [1.82, 2.24) is 5.32 Å². The first-order valence-corrected chi connectivity index (χ1v) is 8.85. The number of carbonyl (C=O) groups excluding carboxylic acids is 1. The number of ether oxygens (including phenoxy) is 1. The average Bonchev–Trinajstić information content (AvgIpc) is 2.85. The molecule has 0 atom stereocenters. The molecule has 3 nitrogen and oxygen atoms in total. The van der Waals surface area contributed by atoms with Gasteiger partial charge >= 0.3 is 0 Å². The van der Waals surface area contributed by atoms with Gasteiger partial charge in [-0.1, -0.05) is 70.2 Å². The van der Waals surface area contributed by atoms with Crippen LogP contribution in [-0.4, -0.2) is 10.2 Å². The van der Waals surface area contributed by atoms with Crippen molar-refractivity contribution >= 4 is 56.2 Å². The maximum Gasteiger partial charge on any atom is 0.263 e. The van der Waals surface area contributed by atoms with Gasteiger partial charge in [0.05, 0.1) is 4.91 Å². The van der Waals surface area contributed by atoms with Crippen molar-refractivity contribution in [2.75, 3.05) is 0 Å². The van der Waals surface area contributed by atoms with Crippen LogP contribution in [-0.2, 0) is 11.4 Å². The standard InChI is InChI=1S/C17H12BrNO2S2/c18-14-4-2-1-3-12(14)10-21-13-7-5-11(6-8-13)9-15-16(20)19-17(22)23-15/h1-9H,10H2,(H,19,20,22). The number of hydrogen-bond acceptors (Lipinski definition) is 4. The van der Waals surface area contributed by atoms with E-state index in [1.165, 1.54) is 11.8 Å². The number of rotatable bonds is 4. The molecule has 1 N–H and O–H groups in total. The van der Waals surface area contributed by atoms with Crippen LogP contribution < -0.4 is 10.1 Å². The zero-order valence-electron chi connectivity index (χ0n) is 11.9. The van der Waals surface area contributed by atoms with E-state index in [0.717, 1.165) is 21.3 Å². The Hall–Kier alpha value is -1.63. The lowest BCUT2D eigenvalue weighted by Crippen LogP contribution is -2.17. The van der Waals surface area contributed by atoms with Crippen LogP contribution in [0.2, 0.25) is 0 Å². The second kappa shape index (κ2) is 7.29. The van der Waals surface area contributed by atoms with E-state index >= 15 is 0 Å². The first-order chi connectivity index (χ1) is 11.1. The second-order valence-corrected chi connectivity index (χ2v) is 7.37. The molecule has 0 aliphatic carbocycles. The highest BCUT2D eigenvalue weighted by Gasteiger charge is 2.21. The number of benzene rings is 2. The topological polar surface area (TPSA) is 38.3 Å². The summed E-state index contributed by atoms with van der Waals surface area (Å²) < 4.78 is 7.30. The Morgan fingerprint density at radius 1 is 1.17 bits per heavy atom. The molecular formula is C17H12BrNO2S2. The van der Waals surface area contributed by atoms with Crippen LogP contribution >= 0.6 is 39.9 Å². The fourth-order valence-corrected chi connectivity index (χ4v) is 3.45. The molecule has 0 unspecified atom stereocenters. The first kappa shape index (κ1) is 16.2. The number of thiocarbonyl (C=S) groups is 1. The fourth-order valence-electron chi connectivity index (χ4n) is 2.01. The quantitative estimate of drug-likeness (QED) is 0.599. The summed E-state index contributed by atoms with van der Waals surface area (Å²) in [6.07, 6.45) is 1.82. The average molecular weight is 406 g/mol. The molecule has 0 aromatic heterocycles. The molecule has 0 saturated carbocycles. The molecule has 0 spiro atoms. The molecule has 1 fully saturated rings. The van der Waals surface area contributed by atoms with Crippen LogP contribution in [0.1, 0.15) is 11.1 Å². The summed E-state index contributed by atoms with van der Waals surface area (Å²) in [5.41, 5.74) is 2.02. The highest BCUT2D eigenvalue weighted by Crippen LogP contribution is 2.26. The Labute approximate surface area is 152 Å². The minimum atomic E-state index is -0.144. The van der Waals surface area contributed by atoms with E-state index in [-0.39, 0.29) is 5.91 Å². The van der Waals surface area contributed by atoms with E-state index in [9.17, 15) is 4.79 Å². The summed E-state index contributed by atoms with van der Waals surface area (Å²) in [7, 11) is 0. The Morgan fingerprint density at radius 2 is 1.91 bits per heavy atom. The molecule has 116 valence electrons. The molecule has 1 aliphatic rings. The predicted octanol–water partition coefficient (Wildman–Crippen LogP) is 4.52. The van der Waals surface area contributed by atoms with Gasteiger partial charge in [-0.05, 0) is 29.8 Å². The Bertz CT molecular complexity index is 787. The van der Waals surface area contributed by atoms with E-state index in [1.807, 2.05) is 54.6 Å². The lowest BCUT2D eigenvalue weighted by Gasteiger charge is -2.08. The third-order valence-electron chi connectivity index (χ3n) is 3.17. The lowest BCUT2D eigenvalue weighted by molar-refractivity contribution is -0.115. The molecule has 0 radical (unpaired) electrons. The van der Waals surface area contributed by atoms with Crippen LogP contribution in [0.3, 0.4) is 0 Å². The van der Waals surface area contributed by atoms with Crippen molar-refractivity contribution in [3.63, 3.8) is 0 Å². The number of hydrogen-bond donors (Lipinski definition) is 1. The maximum absolute atomic E-state index is 11.6. The van der Waals surface area contributed by atoms with Gasteiger partial charge in [0.15, 0.2) is 0 Å². The molecule has 2 aromatic rings. The zero-order chi connectivity index (χ0) is 16.2. The van der Waals surface area contributed by atoms with Crippen LogP contribution in [0.4, 0.5) is 0 Å². The van der Waals surface area contributed by atoms with Crippen molar-refractivity contribution < 1.29 is 9.53 Å². The number of amides is 1. The van der Waals surface area contributed by atoms with E-state index in [1.54, 1.807) is 0 Å². The van der Waals surface area contributed by atoms with Gasteiger partial charge in [0.2, 0.25) is 0 Å². The van der Waals surface area contributed by atoms with E-state index in [0.29, 0.717) is 15.8 Å². The minimum absolute atomic E-state index is 0.144. The van der Waals surface area contributed by atoms with Gasteiger partial charge in [-0.3, -0.25) is 4.79 Å². The summed E-state index contributed by atoms with van der Waals surface area (Å²) in [6, 6.07) is 15.6. The Morgan fingerprint density at radius 3 is 2.57 bits per heavy atom. The summed E-state index contributed by atoms with van der Waals surface area (Å²) in [4.78, 5) is 12.2. The minimum Gasteiger partial charge on any atom is -0.489 e. The largest absolute Gasteiger partial charge is 0.489 e. The summed E-state index contributed by atoms with van der Waals surface area (Å²) in [6.45, 7) is 0.494. The van der Waals surface area contributed by atoms with Gasteiger partial charge in [-0.15, -0.1) is 0 Å². The summed E-state index contributed by atoms with van der Waals surface area (Å²) >= 11 is 9.75. The monoisotopic (exact) mass is 405 g/mol. The summed E-state index contributed by atoms with van der Waals surface area (Å²) in [5.74, 6) is 0.635. The van der Waals surface area contributed by atoms with Crippen molar-refractivity contribution in [1.29, 1.82) is 0 Å². The highest BCUT2D eigenvalue weighted by molar-refractivity contribution is 9.10. The molecule has 0 bridgehead atoms. The number of thioether (sulfide) groups is 1. The van der Waals surface area contributed by atoms with Gasteiger partial charge in [-0.25, -0.2) is 0 Å². The number of nitrogens with one attached hydrogen (secondary N) is 1. The Kier molecular flexibility index (Phi) is 5.15. The van der Waals surface area contributed by atoms with Crippen molar-refractivity contribution in [3.05, 3.63) is 69.0 Å². The zero-order valence-corrected chi connectivity index (χ0v) is 15.1. The smallest absolute Gasteiger partial charge is 0.263 e. The molecule has 6 heteroatoms. The van der Waals surface area contributed by atoms with Crippen LogP contribution in [0.15, 0.2) is 57.9 Å². The predicted molar refractivity (Wildman–Crippen MR) is 101 cm³/mol. The number of halogens is 1. The van der Waals surface area contributed by atoms with Gasteiger partial charge in [0, 0.05) is 10.0 Å². The highest BCUT2D eigenvalue weighted by atomic mass is 79.9. The van der Waals surface area contributed by atoms with E-state index in [2.05, 4.69) is 21.2 Å². The molecule has 1 saturated heterocycles.